The zero-order chi connectivity index (χ0) is 20.0. The van der Waals surface area contributed by atoms with Gasteiger partial charge in [0.2, 0.25) is 0 Å². The molecule has 0 radical (unpaired) electrons. The smallest absolute Gasteiger partial charge is 0.410 e. The minimum absolute atomic E-state index is 0.186. The Morgan fingerprint density at radius 2 is 1.81 bits per heavy atom. The zero-order valence-electron chi connectivity index (χ0n) is 17.4. The van der Waals surface area contributed by atoms with Crippen LogP contribution in [0.3, 0.4) is 0 Å². The fourth-order valence-electron chi connectivity index (χ4n) is 2.75. The van der Waals surface area contributed by atoms with Crippen molar-refractivity contribution in [3.05, 3.63) is 35.4 Å². The molecule has 2 N–H and O–H groups in total. The lowest BCUT2D eigenvalue weighted by atomic mass is 10.1. The van der Waals surface area contributed by atoms with Crippen LogP contribution in [0.1, 0.15) is 31.9 Å². The third kappa shape index (κ3) is 7.09. The van der Waals surface area contributed by atoms with E-state index in [1.165, 1.54) is 11.1 Å². The van der Waals surface area contributed by atoms with Gasteiger partial charge in [0.25, 0.3) is 0 Å². The summed E-state index contributed by atoms with van der Waals surface area (Å²) in [5.41, 5.74) is 2.03. The quantitative estimate of drug-likeness (QED) is 0.609. The summed E-state index contributed by atoms with van der Waals surface area (Å²) < 4.78 is 5.37. The molecule has 1 aliphatic heterocycles. The molecule has 0 bridgehead atoms. The summed E-state index contributed by atoms with van der Waals surface area (Å²) in [4.78, 5) is 20.1. The predicted molar refractivity (Wildman–Crippen MR) is 109 cm³/mol. The summed E-state index contributed by atoms with van der Waals surface area (Å²) in [6.45, 7) is 8.50. The van der Waals surface area contributed by atoms with Crippen molar-refractivity contribution in [2.24, 2.45) is 4.99 Å². The first-order valence-corrected chi connectivity index (χ1v) is 9.34. The van der Waals surface area contributed by atoms with Crippen LogP contribution in [-0.4, -0.2) is 67.7 Å². The Balaban J connectivity index is 1.73. The van der Waals surface area contributed by atoms with Gasteiger partial charge in [-0.05, 0) is 46.0 Å². The monoisotopic (exact) mass is 375 g/mol. The van der Waals surface area contributed by atoms with Crippen LogP contribution in [0.5, 0.6) is 0 Å². The average molecular weight is 376 g/mol. The number of nitrogens with zero attached hydrogens (tertiary/aromatic N) is 3. The number of rotatable bonds is 5. The molecule has 150 valence electrons. The summed E-state index contributed by atoms with van der Waals surface area (Å²) in [7, 11) is 5.88. The summed E-state index contributed by atoms with van der Waals surface area (Å²) in [5.74, 6) is 0.737. The number of nitrogens with one attached hydrogen (secondary N) is 2. The summed E-state index contributed by atoms with van der Waals surface area (Å²) in [6, 6.07) is 8.75. The Morgan fingerprint density at radius 3 is 2.33 bits per heavy atom. The lowest BCUT2D eigenvalue weighted by Gasteiger charge is -2.40. The first kappa shape index (κ1) is 21.0. The van der Waals surface area contributed by atoms with Gasteiger partial charge in [0.1, 0.15) is 5.60 Å². The summed E-state index contributed by atoms with van der Waals surface area (Å²) >= 11 is 0. The summed E-state index contributed by atoms with van der Waals surface area (Å²) in [5, 5.41) is 6.66. The van der Waals surface area contributed by atoms with E-state index in [2.05, 4.69) is 58.9 Å². The highest BCUT2D eigenvalue weighted by Crippen LogP contribution is 2.15. The van der Waals surface area contributed by atoms with E-state index in [1.807, 2.05) is 20.8 Å². The number of benzene rings is 1. The molecule has 0 unspecified atom stereocenters. The number of aliphatic imine (C=N–C) groups is 1. The van der Waals surface area contributed by atoms with Gasteiger partial charge in [-0.3, -0.25) is 4.99 Å². The summed E-state index contributed by atoms with van der Waals surface area (Å²) in [6.07, 6.45) is -0.263. The van der Waals surface area contributed by atoms with Gasteiger partial charge in [-0.15, -0.1) is 0 Å². The van der Waals surface area contributed by atoms with Crippen LogP contribution in [0, 0.1) is 0 Å². The van der Waals surface area contributed by atoms with E-state index in [-0.39, 0.29) is 12.1 Å². The Bertz CT molecular complexity index is 643. The van der Waals surface area contributed by atoms with E-state index in [0.717, 1.165) is 12.5 Å². The van der Waals surface area contributed by atoms with E-state index in [4.69, 9.17) is 4.74 Å². The lowest BCUT2D eigenvalue weighted by molar-refractivity contribution is 0.00701. The van der Waals surface area contributed by atoms with Crippen molar-refractivity contribution in [1.82, 2.24) is 20.4 Å². The van der Waals surface area contributed by atoms with Gasteiger partial charge in [0, 0.05) is 33.2 Å². The van der Waals surface area contributed by atoms with Gasteiger partial charge in [0.15, 0.2) is 5.96 Å². The number of ether oxygens (including phenoxy) is 1. The molecule has 1 fully saturated rings. The Kier molecular flexibility index (Phi) is 7.07. The maximum absolute atomic E-state index is 12.0. The maximum atomic E-state index is 12.0. The number of hydrogen-bond acceptors (Lipinski definition) is 4. The molecule has 1 aromatic rings. The minimum atomic E-state index is -0.463. The van der Waals surface area contributed by atoms with Gasteiger partial charge in [-0.1, -0.05) is 24.3 Å². The van der Waals surface area contributed by atoms with E-state index in [1.54, 1.807) is 11.9 Å². The molecule has 1 saturated heterocycles. The van der Waals surface area contributed by atoms with Crippen molar-refractivity contribution >= 4 is 12.1 Å². The largest absolute Gasteiger partial charge is 0.444 e. The third-order valence-corrected chi connectivity index (χ3v) is 4.08. The fourth-order valence-corrected chi connectivity index (χ4v) is 2.75. The fraction of sp³-hybridized carbons (Fsp3) is 0.600. The zero-order valence-corrected chi connectivity index (χ0v) is 17.4. The first-order valence-electron chi connectivity index (χ1n) is 9.34. The van der Waals surface area contributed by atoms with Gasteiger partial charge >= 0.3 is 6.09 Å². The Hall–Kier alpha value is -2.28. The van der Waals surface area contributed by atoms with Gasteiger partial charge in [0.05, 0.1) is 6.04 Å². The molecule has 0 atom stereocenters. The minimum Gasteiger partial charge on any atom is -0.444 e. The lowest BCUT2D eigenvalue weighted by Crippen LogP contribution is -2.63. The van der Waals surface area contributed by atoms with E-state index in [9.17, 15) is 4.79 Å². The molecule has 7 heteroatoms. The highest BCUT2D eigenvalue weighted by molar-refractivity contribution is 5.80. The topological polar surface area (TPSA) is 69.2 Å². The highest BCUT2D eigenvalue weighted by atomic mass is 16.6. The Labute approximate surface area is 162 Å². The average Bonchev–Trinajstić information content (AvgIpc) is 2.52. The Morgan fingerprint density at radius 1 is 1.22 bits per heavy atom. The highest BCUT2D eigenvalue weighted by Gasteiger charge is 2.34. The van der Waals surface area contributed by atoms with Crippen LogP contribution in [0.2, 0.25) is 0 Å². The van der Waals surface area contributed by atoms with Crippen molar-refractivity contribution in [2.45, 2.75) is 45.5 Å². The second kappa shape index (κ2) is 9.08. The van der Waals surface area contributed by atoms with Crippen molar-refractivity contribution in [1.29, 1.82) is 0 Å². The molecular formula is C20H33N5O2. The van der Waals surface area contributed by atoms with Crippen molar-refractivity contribution < 1.29 is 9.53 Å². The molecule has 0 aromatic heterocycles. The van der Waals surface area contributed by atoms with Gasteiger partial charge < -0.3 is 25.2 Å². The van der Waals surface area contributed by atoms with Crippen molar-refractivity contribution in [2.75, 3.05) is 34.2 Å². The number of guanidine groups is 1. The van der Waals surface area contributed by atoms with Crippen LogP contribution < -0.4 is 10.6 Å². The van der Waals surface area contributed by atoms with Crippen molar-refractivity contribution in [3.63, 3.8) is 0 Å². The number of carbonyl (C=O) groups is 1. The first-order chi connectivity index (χ1) is 12.7. The van der Waals surface area contributed by atoms with E-state index >= 15 is 0 Å². The molecular weight excluding hydrogens is 342 g/mol. The number of amides is 1. The van der Waals surface area contributed by atoms with E-state index in [0.29, 0.717) is 19.6 Å². The van der Waals surface area contributed by atoms with E-state index < -0.39 is 5.60 Å². The second-order valence-electron chi connectivity index (χ2n) is 8.21. The molecule has 0 saturated carbocycles. The molecule has 1 amide bonds. The SMILES string of the molecule is CN=C(NCc1ccc(CN(C)C)cc1)NC1CN(C(=O)OC(C)(C)C)C1. The number of hydrogen-bond donors (Lipinski definition) is 2. The predicted octanol–water partition coefficient (Wildman–Crippen LogP) is 2.03. The second-order valence-corrected chi connectivity index (χ2v) is 8.21. The normalized spacial score (nSPS) is 15.5. The van der Waals surface area contributed by atoms with Gasteiger partial charge in [-0.25, -0.2) is 4.79 Å². The van der Waals surface area contributed by atoms with Crippen LogP contribution in [0.25, 0.3) is 0 Å². The molecule has 1 aromatic carbocycles. The molecule has 0 aliphatic carbocycles. The molecule has 0 spiro atoms. The van der Waals surface area contributed by atoms with Crippen molar-refractivity contribution in [3.8, 4) is 0 Å². The third-order valence-electron chi connectivity index (χ3n) is 4.08. The molecule has 1 heterocycles. The molecule has 1 aliphatic rings. The number of likely N-dealkylation sites (tertiary alicyclic amines) is 1. The van der Waals surface area contributed by atoms with Crippen LogP contribution >= 0.6 is 0 Å². The molecule has 2 rings (SSSR count). The number of carbonyl (C=O) groups excluding carboxylic acids is 1. The van der Waals surface area contributed by atoms with Crippen LogP contribution in [0.4, 0.5) is 4.79 Å². The van der Waals surface area contributed by atoms with Gasteiger partial charge in [-0.2, -0.15) is 0 Å². The molecule has 27 heavy (non-hydrogen) atoms. The standard InChI is InChI=1S/C20H33N5O2/c1-20(2,3)27-19(26)25-13-17(14-25)23-18(21-4)22-11-15-7-9-16(10-8-15)12-24(5)6/h7-10,17H,11-14H2,1-6H3,(H2,21,22,23). The van der Waals surface area contributed by atoms with Crippen LogP contribution in [-0.2, 0) is 17.8 Å². The molecule has 7 nitrogen and oxygen atoms in total. The van der Waals surface area contributed by atoms with Crippen LogP contribution in [0.15, 0.2) is 29.3 Å². The maximum Gasteiger partial charge on any atom is 0.410 e.